The van der Waals surface area contributed by atoms with Gasteiger partial charge in [-0.1, -0.05) is 47.5 Å². The van der Waals surface area contributed by atoms with Crippen LogP contribution in [0.15, 0.2) is 66.7 Å². The Balaban J connectivity index is 1.60. The topological polar surface area (TPSA) is 76.0 Å². The highest BCUT2D eigenvalue weighted by Gasteiger charge is 2.21. The van der Waals surface area contributed by atoms with Gasteiger partial charge in [0.1, 0.15) is 12.4 Å². The summed E-state index contributed by atoms with van der Waals surface area (Å²) in [7, 11) is 0. The fourth-order valence-corrected chi connectivity index (χ4v) is 4.01. The average Bonchev–Trinajstić information content (AvgIpc) is 3.14. The third kappa shape index (κ3) is 4.95. The van der Waals surface area contributed by atoms with E-state index < -0.39 is 0 Å². The lowest BCUT2D eigenvalue weighted by Crippen LogP contribution is -2.30. The van der Waals surface area contributed by atoms with Crippen molar-refractivity contribution in [3.05, 3.63) is 94.8 Å². The summed E-state index contributed by atoms with van der Waals surface area (Å²) in [4.78, 5) is 30.5. The standard InChI is InChI=1S/C27H28N4O2/c1-17-8-7-9-21(15-17)27(33)28-20(4)26-30-23-10-5-6-11-24(23)31(26)16-25(32)29-22-13-12-18(2)14-19(22)3/h5-15,20H,16H2,1-4H3,(H,28,33)(H,29,32). The van der Waals surface area contributed by atoms with Crippen LogP contribution in [-0.4, -0.2) is 21.4 Å². The van der Waals surface area contributed by atoms with Crippen molar-refractivity contribution in [1.29, 1.82) is 0 Å². The number of aromatic nitrogens is 2. The van der Waals surface area contributed by atoms with Crippen LogP contribution in [0.3, 0.4) is 0 Å². The summed E-state index contributed by atoms with van der Waals surface area (Å²) in [5.41, 5.74) is 6.19. The van der Waals surface area contributed by atoms with Crippen LogP contribution < -0.4 is 10.6 Å². The van der Waals surface area contributed by atoms with Crippen molar-refractivity contribution in [2.24, 2.45) is 0 Å². The highest BCUT2D eigenvalue weighted by Crippen LogP contribution is 2.22. The highest BCUT2D eigenvalue weighted by atomic mass is 16.2. The van der Waals surface area contributed by atoms with Crippen LogP contribution in [0.25, 0.3) is 11.0 Å². The predicted octanol–water partition coefficient (Wildman–Crippen LogP) is 5.09. The maximum absolute atomic E-state index is 13.0. The molecule has 0 aliphatic rings. The molecule has 1 atom stereocenters. The molecule has 0 saturated carbocycles. The zero-order chi connectivity index (χ0) is 23.5. The van der Waals surface area contributed by atoms with Gasteiger partial charge in [0, 0.05) is 11.3 Å². The van der Waals surface area contributed by atoms with Crippen LogP contribution in [-0.2, 0) is 11.3 Å². The Morgan fingerprint density at radius 3 is 2.45 bits per heavy atom. The van der Waals surface area contributed by atoms with Crippen LogP contribution in [0, 0.1) is 20.8 Å². The Bertz CT molecular complexity index is 1340. The summed E-state index contributed by atoms with van der Waals surface area (Å²) in [5, 5.41) is 6.03. The molecular weight excluding hydrogens is 412 g/mol. The second-order valence-electron chi connectivity index (χ2n) is 8.48. The van der Waals surface area contributed by atoms with Gasteiger partial charge in [0.25, 0.3) is 5.91 Å². The number of carbonyl (C=O) groups excluding carboxylic acids is 2. The molecule has 0 bridgehead atoms. The third-order valence-corrected chi connectivity index (χ3v) is 5.66. The molecule has 6 nitrogen and oxygen atoms in total. The van der Waals surface area contributed by atoms with Crippen LogP contribution in [0.4, 0.5) is 5.69 Å². The molecule has 33 heavy (non-hydrogen) atoms. The minimum atomic E-state index is -0.390. The number of rotatable bonds is 6. The maximum atomic E-state index is 13.0. The summed E-state index contributed by atoms with van der Waals surface area (Å²) >= 11 is 0. The first-order valence-corrected chi connectivity index (χ1v) is 11.0. The fraction of sp³-hybridized carbons (Fsp3) is 0.222. The van der Waals surface area contributed by atoms with Crippen molar-refractivity contribution in [3.63, 3.8) is 0 Å². The molecule has 3 aromatic carbocycles. The minimum absolute atomic E-state index is 0.0911. The minimum Gasteiger partial charge on any atom is -0.342 e. The molecule has 0 spiro atoms. The van der Waals surface area contributed by atoms with Gasteiger partial charge in [-0.05, 0) is 63.6 Å². The van der Waals surface area contributed by atoms with Gasteiger partial charge >= 0.3 is 0 Å². The lowest BCUT2D eigenvalue weighted by atomic mass is 10.1. The number of fused-ring (bicyclic) bond motifs is 1. The van der Waals surface area contributed by atoms with E-state index in [9.17, 15) is 9.59 Å². The second-order valence-corrected chi connectivity index (χ2v) is 8.48. The van der Waals surface area contributed by atoms with Crippen molar-refractivity contribution < 1.29 is 9.59 Å². The molecular formula is C27H28N4O2. The SMILES string of the molecule is Cc1cccc(C(=O)NC(C)c2nc3ccccc3n2CC(=O)Nc2ccc(C)cc2C)c1. The number of anilines is 1. The zero-order valence-corrected chi connectivity index (χ0v) is 19.3. The van der Waals surface area contributed by atoms with Gasteiger partial charge in [0.05, 0.1) is 17.1 Å². The number of nitrogens with zero attached hydrogens (tertiary/aromatic N) is 2. The normalized spacial score (nSPS) is 11.9. The van der Waals surface area contributed by atoms with E-state index >= 15 is 0 Å². The Morgan fingerprint density at radius 2 is 1.70 bits per heavy atom. The molecule has 4 aromatic rings. The molecule has 2 amide bonds. The van der Waals surface area contributed by atoms with Crippen molar-refractivity contribution >= 4 is 28.5 Å². The molecule has 1 aromatic heterocycles. The first kappa shape index (κ1) is 22.3. The molecule has 0 saturated heterocycles. The largest absolute Gasteiger partial charge is 0.342 e. The lowest BCUT2D eigenvalue weighted by molar-refractivity contribution is -0.116. The van der Waals surface area contributed by atoms with Gasteiger partial charge in [0.15, 0.2) is 0 Å². The number of amides is 2. The summed E-state index contributed by atoms with van der Waals surface area (Å²) in [6.07, 6.45) is 0. The molecule has 2 N–H and O–H groups in total. The van der Waals surface area contributed by atoms with Gasteiger partial charge in [-0.25, -0.2) is 4.98 Å². The van der Waals surface area contributed by atoms with Crippen LogP contribution in [0.5, 0.6) is 0 Å². The average molecular weight is 441 g/mol. The highest BCUT2D eigenvalue weighted by molar-refractivity contribution is 5.95. The van der Waals surface area contributed by atoms with E-state index in [4.69, 9.17) is 4.98 Å². The van der Waals surface area contributed by atoms with E-state index in [1.807, 2.05) is 92.9 Å². The quantitative estimate of drug-likeness (QED) is 0.438. The fourth-order valence-electron chi connectivity index (χ4n) is 4.01. The molecule has 1 unspecified atom stereocenters. The van der Waals surface area contributed by atoms with Gasteiger partial charge in [-0.2, -0.15) is 0 Å². The predicted molar refractivity (Wildman–Crippen MR) is 131 cm³/mol. The molecule has 0 radical (unpaired) electrons. The first-order valence-electron chi connectivity index (χ1n) is 11.0. The number of hydrogen-bond donors (Lipinski definition) is 2. The van der Waals surface area contributed by atoms with Gasteiger partial charge in [-0.15, -0.1) is 0 Å². The molecule has 0 aliphatic carbocycles. The van der Waals surface area contributed by atoms with Gasteiger partial charge < -0.3 is 15.2 Å². The number of aryl methyl sites for hydroxylation is 3. The molecule has 1 heterocycles. The number of benzene rings is 3. The molecule has 168 valence electrons. The smallest absolute Gasteiger partial charge is 0.251 e. The third-order valence-electron chi connectivity index (χ3n) is 5.66. The Hall–Kier alpha value is -3.93. The van der Waals surface area contributed by atoms with E-state index in [-0.39, 0.29) is 24.4 Å². The van der Waals surface area contributed by atoms with Crippen molar-refractivity contribution in [2.75, 3.05) is 5.32 Å². The molecule has 0 fully saturated rings. The van der Waals surface area contributed by atoms with E-state index in [2.05, 4.69) is 10.6 Å². The van der Waals surface area contributed by atoms with E-state index in [0.717, 1.165) is 33.4 Å². The van der Waals surface area contributed by atoms with E-state index in [1.165, 1.54) is 0 Å². The lowest BCUT2D eigenvalue weighted by Gasteiger charge is -2.17. The van der Waals surface area contributed by atoms with Gasteiger partial charge in [-0.3, -0.25) is 9.59 Å². The van der Waals surface area contributed by atoms with E-state index in [1.54, 1.807) is 6.07 Å². The Morgan fingerprint density at radius 1 is 0.939 bits per heavy atom. The maximum Gasteiger partial charge on any atom is 0.251 e. The molecule has 4 rings (SSSR count). The van der Waals surface area contributed by atoms with Crippen LogP contribution in [0.2, 0.25) is 0 Å². The van der Waals surface area contributed by atoms with Crippen molar-refractivity contribution in [1.82, 2.24) is 14.9 Å². The summed E-state index contributed by atoms with van der Waals surface area (Å²) in [5.74, 6) is 0.307. The van der Waals surface area contributed by atoms with Crippen LogP contribution in [0.1, 0.15) is 45.8 Å². The van der Waals surface area contributed by atoms with Crippen molar-refractivity contribution in [3.8, 4) is 0 Å². The first-order chi connectivity index (χ1) is 15.8. The summed E-state index contributed by atoms with van der Waals surface area (Å²) in [6.45, 7) is 7.92. The summed E-state index contributed by atoms with van der Waals surface area (Å²) < 4.78 is 1.87. The number of para-hydroxylation sites is 2. The van der Waals surface area contributed by atoms with Gasteiger partial charge in [0.2, 0.25) is 5.91 Å². The molecule has 0 aliphatic heterocycles. The number of nitrogens with one attached hydrogen (secondary N) is 2. The monoisotopic (exact) mass is 440 g/mol. The number of carbonyl (C=O) groups is 2. The second kappa shape index (κ2) is 9.28. The van der Waals surface area contributed by atoms with Crippen molar-refractivity contribution in [2.45, 2.75) is 40.3 Å². The zero-order valence-electron chi connectivity index (χ0n) is 19.3. The molecule has 6 heteroatoms. The van der Waals surface area contributed by atoms with E-state index in [0.29, 0.717) is 11.4 Å². The number of imidazole rings is 1. The Labute approximate surface area is 193 Å². The summed E-state index contributed by atoms with van der Waals surface area (Å²) in [6, 6.07) is 20.7. The number of hydrogen-bond acceptors (Lipinski definition) is 3. The Kier molecular flexibility index (Phi) is 6.27. The van der Waals surface area contributed by atoms with Crippen LogP contribution >= 0.6 is 0 Å².